The normalized spacial score (nSPS) is 33.6. The van der Waals surface area contributed by atoms with Crippen molar-refractivity contribution in [1.82, 2.24) is 4.90 Å². The summed E-state index contributed by atoms with van der Waals surface area (Å²) >= 11 is -1.25. The fourth-order valence-electron chi connectivity index (χ4n) is 2.74. The van der Waals surface area contributed by atoms with E-state index >= 15 is 0 Å². The molecule has 0 aromatic heterocycles. The fraction of sp³-hybridized carbons (Fsp3) is 0.769. The van der Waals surface area contributed by atoms with Crippen LogP contribution in [-0.4, -0.2) is 40.0 Å². The van der Waals surface area contributed by atoms with Crippen molar-refractivity contribution in [2.24, 2.45) is 5.92 Å². The van der Waals surface area contributed by atoms with Crippen LogP contribution in [-0.2, 0) is 20.1 Å². The average molecular weight is 271 g/mol. The molecule has 1 amide bonds. The summed E-state index contributed by atoms with van der Waals surface area (Å²) < 4.78 is 16.8. The summed E-state index contributed by atoms with van der Waals surface area (Å²) in [5, 5.41) is -0.0712. The van der Waals surface area contributed by atoms with Gasteiger partial charge in [0.25, 0.3) is 0 Å². The zero-order valence-corrected chi connectivity index (χ0v) is 11.7. The Kier molecular flexibility index (Phi) is 4.56. The van der Waals surface area contributed by atoms with Gasteiger partial charge in [-0.25, -0.2) is 4.21 Å². The summed E-state index contributed by atoms with van der Waals surface area (Å²) in [5.74, 6) is 0.0479. The lowest BCUT2D eigenvalue weighted by Crippen LogP contribution is -2.39. The van der Waals surface area contributed by atoms with Gasteiger partial charge in [-0.2, -0.15) is 0 Å². The van der Waals surface area contributed by atoms with E-state index in [1.165, 1.54) is 0 Å². The summed E-state index contributed by atoms with van der Waals surface area (Å²) in [6.07, 6.45) is 6.52. The Bertz CT molecular complexity index is 358. The van der Waals surface area contributed by atoms with Crippen molar-refractivity contribution in [3.8, 4) is 0 Å². The van der Waals surface area contributed by atoms with Crippen molar-refractivity contribution in [3.63, 3.8) is 0 Å². The van der Waals surface area contributed by atoms with Gasteiger partial charge in [-0.05, 0) is 32.1 Å². The van der Waals surface area contributed by atoms with Gasteiger partial charge in [0.05, 0.1) is 17.3 Å². The summed E-state index contributed by atoms with van der Waals surface area (Å²) in [7, 11) is 1.84. The van der Waals surface area contributed by atoms with E-state index in [1.807, 2.05) is 13.1 Å². The first kappa shape index (κ1) is 13.7. The first-order valence-electron chi connectivity index (χ1n) is 6.57. The maximum Gasteiger partial charge on any atom is 0.226 e. The molecular weight excluding hydrogens is 250 g/mol. The largest absolute Gasteiger partial charge is 0.345 e. The molecule has 1 saturated carbocycles. The van der Waals surface area contributed by atoms with Crippen molar-refractivity contribution in [3.05, 3.63) is 12.7 Å². The third-order valence-corrected chi connectivity index (χ3v) is 5.26. The summed E-state index contributed by atoms with van der Waals surface area (Å²) in [5.41, 5.74) is 0. The minimum absolute atomic E-state index is 0.0407. The molecule has 102 valence electrons. The SMILES string of the molecule is C=CCCCCN(C)C(=O)C1CC2CC1S(=O)O2. The van der Waals surface area contributed by atoms with E-state index in [0.717, 1.165) is 38.6 Å². The number of fused-ring (bicyclic) bond motifs is 2. The molecule has 0 spiro atoms. The Balaban J connectivity index is 1.80. The molecule has 0 aromatic carbocycles. The highest BCUT2D eigenvalue weighted by Gasteiger charge is 2.50. The smallest absolute Gasteiger partial charge is 0.226 e. The van der Waals surface area contributed by atoms with E-state index in [9.17, 15) is 9.00 Å². The number of nitrogens with zero attached hydrogens (tertiary/aromatic N) is 1. The molecular formula is C13H21NO3S. The Morgan fingerprint density at radius 2 is 2.28 bits per heavy atom. The van der Waals surface area contributed by atoms with E-state index in [-0.39, 0.29) is 23.2 Å². The van der Waals surface area contributed by atoms with Crippen molar-refractivity contribution in [2.75, 3.05) is 13.6 Å². The molecule has 4 atom stereocenters. The molecule has 4 nitrogen and oxygen atoms in total. The average Bonchev–Trinajstić information content (AvgIpc) is 2.92. The molecule has 0 N–H and O–H groups in total. The number of unbranched alkanes of at least 4 members (excludes halogenated alkanes) is 2. The molecule has 1 aliphatic carbocycles. The number of hydrogen-bond acceptors (Lipinski definition) is 3. The third-order valence-electron chi connectivity index (χ3n) is 3.78. The number of carbonyl (C=O) groups excluding carboxylic acids is 1. The monoisotopic (exact) mass is 271 g/mol. The van der Waals surface area contributed by atoms with E-state index in [4.69, 9.17) is 4.18 Å². The van der Waals surface area contributed by atoms with E-state index in [2.05, 4.69) is 6.58 Å². The van der Waals surface area contributed by atoms with Crippen LogP contribution in [0.1, 0.15) is 32.1 Å². The number of hydrogen-bond donors (Lipinski definition) is 0. The highest BCUT2D eigenvalue weighted by Crippen LogP contribution is 2.40. The second-order valence-electron chi connectivity index (χ2n) is 5.14. The van der Waals surface area contributed by atoms with Crippen molar-refractivity contribution < 1.29 is 13.2 Å². The Labute approximate surface area is 111 Å². The summed E-state index contributed by atoms with van der Waals surface area (Å²) in [6, 6.07) is 0. The molecule has 4 unspecified atom stereocenters. The van der Waals surface area contributed by atoms with Crippen LogP contribution < -0.4 is 0 Å². The predicted molar refractivity (Wildman–Crippen MR) is 71.2 cm³/mol. The molecule has 2 bridgehead atoms. The Hall–Kier alpha value is -0.680. The lowest BCUT2D eigenvalue weighted by molar-refractivity contribution is -0.134. The van der Waals surface area contributed by atoms with E-state index in [1.54, 1.807) is 4.90 Å². The van der Waals surface area contributed by atoms with Gasteiger partial charge in [-0.15, -0.1) is 6.58 Å². The van der Waals surface area contributed by atoms with Gasteiger partial charge in [-0.3, -0.25) is 8.98 Å². The van der Waals surface area contributed by atoms with Gasteiger partial charge >= 0.3 is 0 Å². The van der Waals surface area contributed by atoms with Gasteiger partial charge in [0.1, 0.15) is 0 Å². The lowest BCUT2D eigenvalue weighted by atomic mass is 10.1. The molecule has 1 aliphatic heterocycles. The molecule has 2 fully saturated rings. The first-order chi connectivity index (χ1) is 8.63. The zero-order valence-electron chi connectivity index (χ0n) is 10.8. The molecule has 0 radical (unpaired) electrons. The van der Waals surface area contributed by atoms with Gasteiger partial charge < -0.3 is 4.90 Å². The Morgan fingerprint density at radius 1 is 1.50 bits per heavy atom. The highest BCUT2D eigenvalue weighted by molar-refractivity contribution is 7.81. The van der Waals surface area contributed by atoms with Gasteiger partial charge in [0.15, 0.2) is 11.1 Å². The second-order valence-corrected chi connectivity index (χ2v) is 6.46. The maximum absolute atomic E-state index is 12.3. The first-order valence-corrected chi connectivity index (χ1v) is 7.71. The lowest BCUT2D eigenvalue weighted by Gasteiger charge is -2.25. The van der Waals surface area contributed by atoms with Crippen LogP contribution in [0.4, 0.5) is 0 Å². The predicted octanol–water partition coefficient (Wildman–Crippen LogP) is 1.64. The molecule has 2 rings (SSSR count). The second kappa shape index (κ2) is 5.97. The molecule has 0 aromatic rings. The summed E-state index contributed by atoms with van der Waals surface area (Å²) in [4.78, 5) is 14.0. The number of carbonyl (C=O) groups is 1. The molecule has 1 heterocycles. The van der Waals surface area contributed by atoms with Crippen molar-refractivity contribution in [2.45, 2.75) is 43.5 Å². The number of amides is 1. The topological polar surface area (TPSA) is 46.6 Å². The molecule has 2 aliphatic rings. The minimum atomic E-state index is -1.25. The minimum Gasteiger partial charge on any atom is -0.345 e. The Morgan fingerprint density at radius 3 is 2.89 bits per heavy atom. The van der Waals surface area contributed by atoms with Crippen LogP contribution in [0.5, 0.6) is 0 Å². The van der Waals surface area contributed by atoms with Crippen LogP contribution in [0.2, 0.25) is 0 Å². The quantitative estimate of drug-likeness (QED) is 0.545. The van der Waals surface area contributed by atoms with Crippen molar-refractivity contribution >= 4 is 17.0 Å². The van der Waals surface area contributed by atoms with E-state index in [0.29, 0.717) is 0 Å². The van der Waals surface area contributed by atoms with Gasteiger partial charge in [0, 0.05) is 13.6 Å². The maximum atomic E-state index is 12.3. The van der Waals surface area contributed by atoms with Crippen LogP contribution in [0, 0.1) is 5.92 Å². The highest BCUT2D eigenvalue weighted by atomic mass is 32.2. The van der Waals surface area contributed by atoms with Crippen LogP contribution in [0.3, 0.4) is 0 Å². The zero-order chi connectivity index (χ0) is 13.1. The number of allylic oxidation sites excluding steroid dienone is 1. The molecule has 1 saturated heterocycles. The van der Waals surface area contributed by atoms with Gasteiger partial charge in [0.2, 0.25) is 5.91 Å². The summed E-state index contributed by atoms with van der Waals surface area (Å²) in [6.45, 7) is 4.45. The van der Waals surface area contributed by atoms with Crippen LogP contribution in [0.25, 0.3) is 0 Å². The van der Waals surface area contributed by atoms with Crippen molar-refractivity contribution in [1.29, 1.82) is 0 Å². The standard InChI is InChI=1S/C13H21NO3S/c1-3-4-5-6-7-14(2)13(15)11-8-10-9-12(11)18(16)17-10/h3,10-12H,1,4-9H2,2H3. The third kappa shape index (κ3) is 2.83. The van der Waals surface area contributed by atoms with Gasteiger partial charge in [-0.1, -0.05) is 6.08 Å². The van der Waals surface area contributed by atoms with Crippen LogP contribution in [0.15, 0.2) is 12.7 Å². The molecule has 18 heavy (non-hydrogen) atoms. The fourth-order valence-corrected chi connectivity index (χ4v) is 4.18. The molecule has 5 heteroatoms. The van der Waals surface area contributed by atoms with E-state index < -0.39 is 11.1 Å². The number of rotatable bonds is 6. The van der Waals surface area contributed by atoms with Crippen LogP contribution >= 0.6 is 0 Å².